The van der Waals surface area contributed by atoms with Gasteiger partial charge < -0.3 is 5.73 Å². The Balaban J connectivity index is 0.000000246. The highest BCUT2D eigenvalue weighted by Gasteiger charge is 1.85. The van der Waals surface area contributed by atoms with Crippen LogP contribution in [0.4, 0.5) is 0 Å². The minimum absolute atomic E-state index is 0. The summed E-state index contributed by atoms with van der Waals surface area (Å²) < 4.78 is 0. The van der Waals surface area contributed by atoms with Gasteiger partial charge in [0.25, 0.3) is 0 Å². The number of rotatable bonds is 1. The zero-order chi connectivity index (χ0) is 9.36. The molecule has 0 atom stereocenters. The van der Waals surface area contributed by atoms with E-state index in [1.165, 1.54) is 18.4 Å². The molecule has 2 N–H and O–H groups in total. The van der Waals surface area contributed by atoms with E-state index in [1.54, 1.807) is 0 Å². The Hall–Kier alpha value is -0.860. The molecule has 1 aliphatic heterocycles. The lowest BCUT2D eigenvalue weighted by Gasteiger charge is -1.90. The molecule has 0 aliphatic carbocycles. The number of benzene rings is 1. The van der Waals surface area contributed by atoms with Crippen LogP contribution in [0.15, 0.2) is 35.3 Å². The van der Waals surface area contributed by atoms with Crippen molar-refractivity contribution < 1.29 is 0 Å². The second kappa shape index (κ2) is 8.73. The number of aliphatic imine (C=N–C) groups is 1. The lowest BCUT2D eigenvalue weighted by molar-refractivity contribution is 0.952. The van der Waals surface area contributed by atoms with Crippen LogP contribution in [0.2, 0.25) is 0 Å². The summed E-state index contributed by atoms with van der Waals surface area (Å²) in [7, 11) is 0. The van der Waals surface area contributed by atoms with Gasteiger partial charge in [0.2, 0.25) is 0 Å². The van der Waals surface area contributed by atoms with Crippen molar-refractivity contribution in [2.24, 2.45) is 10.7 Å². The normalized spacial score (nSPS) is 12.6. The molecule has 0 radical (unpaired) electrons. The van der Waals surface area contributed by atoms with Crippen molar-refractivity contribution in [3.05, 3.63) is 35.9 Å². The molecular weight excluding hydrogens is 196 g/mol. The smallest absolute Gasteiger partial charge is 0.0388 e. The summed E-state index contributed by atoms with van der Waals surface area (Å²) in [5, 5.41) is 0. The summed E-state index contributed by atoms with van der Waals surface area (Å²) in [6.07, 6.45) is 4.47. The van der Waals surface area contributed by atoms with Crippen molar-refractivity contribution in [3.8, 4) is 0 Å². The number of nitrogens with two attached hydrogens (primary N) is 1. The molecule has 1 aromatic rings. The van der Waals surface area contributed by atoms with Gasteiger partial charge in [0.15, 0.2) is 0 Å². The minimum atomic E-state index is 0. The van der Waals surface area contributed by atoms with Gasteiger partial charge in [-0.1, -0.05) is 30.3 Å². The second-order valence-corrected chi connectivity index (χ2v) is 2.92. The van der Waals surface area contributed by atoms with Gasteiger partial charge in [0, 0.05) is 13.1 Å². The third-order valence-electron chi connectivity index (χ3n) is 1.83. The highest BCUT2D eigenvalue weighted by atomic mass is 35.5. The van der Waals surface area contributed by atoms with Crippen molar-refractivity contribution >= 4 is 18.6 Å². The van der Waals surface area contributed by atoms with E-state index in [1.807, 2.05) is 36.5 Å². The standard InChI is InChI=1S/C7H9N.C4H7N.ClH/c8-6-7-4-2-1-3-5-7;1-2-4-5-3-1;/h1-5H,6,8H2;3H,1-2,4H2;1H. The van der Waals surface area contributed by atoms with Crippen molar-refractivity contribution in [2.75, 3.05) is 6.54 Å². The van der Waals surface area contributed by atoms with Gasteiger partial charge in [-0.25, -0.2) is 0 Å². The van der Waals surface area contributed by atoms with Crippen LogP contribution in [0.25, 0.3) is 0 Å². The quantitative estimate of drug-likeness (QED) is 0.763. The van der Waals surface area contributed by atoms with E-state index in [-0.39, 0.29) is 12.4 Å². The lowest BCUT2D eigenvalue weighted by atomic mass is 10.2. The molecule has 0 aromatic heterocycles. The first-order valence-electron chi connectivity index (χ1n) is 4.66. The topological polar surface area (TPSA) is 38.4 Å². The Labute approximate surface area is 91.6 Å². The summed E-state index contributed by atoms with van der Waals surface area (Å²) in [4.78, 5) is 3.96. The van der Waals surface area contributed by atoms with Crippen molar-refractivity contribution in [3.63, 3.8) is 0 Å². The van der Waals surface area contributed by atoms with Gasteiger partial charge in [0.05, 0.1) is 0 Å². The molecule has 0 saturated heterocycles. The van der Waals surface area contributed by atoms with E-state index in [4.69, 9.17) is 5.73 Å². The Bertz CT molecular complexity index is 241. The van der Waals surface area contributed by atoms with Gasteiger partial charge in [0.1, 0.15) is 0 Å². The van der Waals surface area contributed by atoms with Crippen molar-refractivity contribution in [2.45, 2.75) is 19.4 Å². The van der Waals surface area contributed by atoms with E-state index < -0.39 is 0 Å². The largest absolute Gasteiger partial charge is 0.326 e. The number of halogens is 1. The molecule has 0 fully saturated rings. The third kappa shape index (κ3) is 5.73. The van der Waals surface area contributed by atoms with E-state index >= 15 is 0 Å². The zero-order valence-corrected chi connectivity index (χ0v) is 9.04. The average molecular weight is 213 g/mol. The molecule has 0 saturated carbocycles. The maximum atomic E-state index is 5.35. The third-order valence-corrected chi connectivity index (χ3v) is 1.83. The molecule has 1 heterocycles. The maximum absolute atomic E-state index is 5.35. The summed E-state index contributed by atoms with van der Waals surface area (Å²) >= 11 is 0. The van der Waals surface area contributed by atoms with Crippen LogP contribution in [0.3, 0.4) is 0 Å². The highest BCUT2D eigenvalue weighted by Crippen LogP contribution is 1.94. The Morgan fingerprint density at radius 3 is 2.21 bits per heavy atom. The number of hydrogen-bond acceptors (Lipinski definition) is 2. The molecule has 2 rings (SSSR count). The van der Waals surface area contributed by atoms with Crippen LogP contribution in [-0.2, 0) is 6.54 Å². The zero-order valence-electron chi connectivity index (χ0n) is 8.23. The highest BCUT2D eigenvalue weighted by molar-refractivity contribution is 5.85. The van der Waals surface area contributed by atoms with Crippen LogP contribution in [0, 0.1) is 0 Å². The van der Waals surface area contributed by atoms with Crippen LogP contribution < -0.4 is 5.73 Å². The Morgan fingerprint density at radius 1 is 1.21 bits per heavy atom. The molecule has 1 aromatic carbocycles. The van der Waals surface area contributed by atoms with Crippen molar-refractivity contribution in [1.82, 2.24) is 0 Å². The monoisotopic (exact) mass is 212 g/mol. The van der Waals surface area contributed by atoms with Crippen molar-refractivity contribution in [1.29, 1.82) is 0 Å². The van der Waals surface area contributed by atoms with Crippen LogP contribution in [-0.4, -0.2) is 12.8 Å². The molecule has 3 heteroatoms. The second-order valence-electron chi connectivity index (χ2n) is 2.92. The Kier molecular flexibility index (Phi) is 8.19. The fourth-order valence-corrected chi connectivity index (χ4v) is 1.07. The molecule has 0 spiro atoms. The number of nitrogens with zero attached hydrogens (tertiary/aromatic N) is 1. The minimum Gasteiger partial charge on any atom is -0.326 e. The van der Waals surface area contributed by atoms with Gasteiger partial charge in [-0.15, -0.1) is 12.4 Å². The Morgan fingerprint density at radius 2 is 1.93 bits per heavy atom. The summed E-state index contributed by atoms with van der Waals surface area (Å²) in [6.45, 7) is 1.71. The molecule has 14 heavy (non-hydrogen) atoms. The SMILES string of the molecule is C1=NCCC1.Cl.NCc1ccccc1. The number of hydrogen-bond donors (Lipinski definition) is 1. The van der Waals surface area contributed by atoms with Gasteiger partial charge >= 0.3 is 0 Å². The predicted molar refractivity (Wildman–Crippen MR) is 64.2 cm³/mol. The molecule has 0 amide bonds. The van der Waals surface area contributed by atoms with Crippen LogP contribution >= 0.6 is 12.4 Å². The molecule has 0 bridgehead atoms. The lowest BCUT2D eigenvalue weighted by Crippen LogP contribution is -1.94. The molecule has 1 aliphatic rings. The molecular formula is C11H17ClN2. The summed E-state index contributed by atoms with van der Waals surface area (Å²) in [5.41, 5.74) is 6.54. The van der Waals surface area contributed by atoms with E-state index in [2.05, 4.69) is 4.99 Å². The van der Waals surface area contributed by atoms with E-state index in [0.717, 1.165) is 6.54 Å². The first-order chi connectivity index (χ1) is 6.43. The van der Waals surface area contributed by atoms with Gasteiger partial charge in [-0.05, 0) is 24.6 Å². The molecule has 2 nitrogen and oxygen atoms in total. The van der Waals surface area contributed by atoms with Gasteiger partial charge in [-0.3, -0.25) is 4.99 Å². The maximum Gasteiger partial charge on any atom is 0.0388 e. The predicted octanol–water partition coefficient (Wildman–Crippen LogP) is 2.42. The summed E-state index contributed by atoms with van der Waals surface area (Å²) in [5.74, 6) is 0. The first-order valence-corrected chi connectivity index (χ1v) is 4.66. The van der Waals surface area contributed by atoms with E-state index in [9.17, 15) is 0 Å². The van der Waals surface area contributed by atoms with Crippen LogP contribution in [0.1, 0.15) is 18.4 Å². The van der Waals surface area contributed by atoms with E-state index in [0.29, 0.717) is 6.54 Å². The van der Waals surface area contributed by atoms with Crippen LogP contribution in [0.5, 0.6) is 0 Å². The fraction of sp³-hybridized carbons (Fsp3) is 0.364. The summed E-state index contributed by atoms with van der Waals surface area (Å²) in [6, 6.07) is 9.99. The molecule has 78 valence electrons. The molecule has 0 unspecified atom stereocenters. The fourth-order valence-electron chi connectivity index (χ4n) is 1.07. The average Bonchev–Trinajstić information content (AvgIpc) is 2.77. The van der Waals surface area contributed by atoms with Gasteiger partial charge in [-0.2, -0.15) is 0 Å². The first kappa shape index (κ1) is 13.1.